The van der Waals surface area contributed by atoms with Crippen molar-refractivity contribution in [3.05, 3.63) is 0 Å². The van der Waals surface area contributed by atoms with Gasteiger partial charge in [-0.25, -0.2) is 0 Å². The lowest BCUT2D eigenvalue weighted by Crippen LogP contribution is -2.34. The number of ether oxygens (including phenoxy) is 1. The van der Waals surface area contributed by atoms with Gasteiger partial charge in [0.1, 0.15) is 0 Å². The Morgan fingerprint density at radius 1 is 1.33 bits per heavy atom. The van der Waals surface area contributed by atoms with E-state index in [1.807, 2.05) is 0 Å². The summed E-state index contributed by atoms with van der Waals surface area (Å²) in [4.78, 5) is 0. The van der Waals surface area contributed by atoms with Crippen LogP contribution in [0.1, 0.15) is 51.9 Å². The molecule has 0 bridgehead atoms. The summed E-state index contributed by atoms with van der Waals surface area (Å²) in [5.74, 6) is 2.47. The van der Waals surface area contributed by atoms with Crippen molar-refractivity contribution in [1.82, 2.24) is 0 Å². The van der Waals surface area contributed by atoms with Crippen molar-refractivity contribution in [3.8, 4) is 0 Å². The Morgan fingerprint density at radius 2 is 2.20 bits per heavy atom. The van der Waals surface area contributed by atoms with E-state index in [0.29, 0.717) is 5.88 Å². The summed E-state index contributed by atoms with van der Waals surface area (Å²) in [5.41, 5.74) is 0.0449. The fraction of sp³-hybridized carbons (Fsp3) is 1.00. The number of alkyl halides is 1. The molecular formula is C13H23ClO. The molecule has 0 amide bonds. The van der Waals surface area contributed by atoms with E-state index in [4.69, 9.17) is 16.3 Å². The van der Waals surface area contributed by atoms with Crippen molar-refractivity contribution in [2.45, 2.75) is 57.5 Å². The molecule has 1 aliphatic heterocycles. The average molecular weight is 231 g/mol. The second-order valence-electron chi connectivity index (χ2n) is 5.61. The van der Waals surface area contributed by atoms with Crippen LogP contribution >= 0.6 is 11.6 Å². The maximum absolute atomic E-state index is 6.10. The van der Waals surface area contributed by atoms with Crippen molar-refractivity contribution in [2.75, 3.05) is 12.5 Å². The zero-order chi connectivity index (χ0) is 10.7. The molecule has 0 radical (unpaired) electrons. The average Bonchev–Trinajstić information content (AvgIpc) is 2.67. The number of halogens is 1. The molecule has 2 aliphatic rings. The third kappa shape index (κ3) is 2.88. The number of hydrogen-bond donors (Lipinski definition) is 0. The molecule has 0 spiro atoms. The van der Waals surface area contributed by atoms with Crippen LogP contribution in [-0.4, -0.2) is 18.1 Å². The van der Waals surface area contributed by atoms with Crippen LogP contribution < -0.4 is 0 Å². The number of rotatable bonds is 3. The fourth-order valence-electron chi connectivity index (χ4n) is 3.35. The van der Waals surface area contributed by atoms with Gasteiger partial charge in [-0.15, -0.1) is 11.6 Å². The Morgan fingerprint density at radius 3 is 2.80 bits per heavy atom. The lowest BCUT2D eigenvalue weighted by atomic mass is 9.76. The van der Waals surface area contributed by atoms with Gasteiger partial charge in [0.05, 0.1) is 11.5 Å². The predicted octanol–water partition coefficient (Wildman–Crippen LogP) is 3.99. The molecule has 1 heterocycles. The summed E-state index contributed by atoms with van der Waals surface area (Å²) in [6.45, 7) is 3.31. The van der Waals surface area contributed by atoms with E-state index in [0.717, 1.165) is 18.4 Å². The van der Waals surface area contributed by atoms with Crippen molar-refractivity contribution < 1.29 is 4.74 Å². The molecule has 0 aromatic heterocycles. The van der Waals surface area contributed by atoms with Gasteiger partial charge in [0.25, 0.3) is 0 Å². The summed E-state index contributed by atoms with van der Waals surface area (Å²) in [7, 11) is 0. The van der Waals surface area contributed by atoms with Crippen LogP contribution in [0, 0.1) is 11.8 Å². The fourth-order valence-corrected chi connectivity index (χ4v) is 3.67. The van der Waals surface area contributed by atoms with Gasteiger partial charge in [-0.3, -0.25) is 0 Å². The Hall–Kier alpha value is 0.250. The van der Waals surface area contributed by atoms with E-state index in [2.05, 4.69) is 6.92 Å². The molecule has 1 aliphatic carbocycles. The Labute approximate surface area is 98.5 Å². The monoisotopic (exact) mass is 230 g/mol. The lowest BCUT2D eigenvalue weighted by Gasteiger charge is -2.34. The van der Waals surface area contributed by atoms with Gasteiger partial charge >= 0.3 is 0 Å². The van der Waals surface area contributed by atoms with Crippen molar-refractivity contribution in [1.29, 1.82) is 0 Å². The van der Waals surface area contributed by atoms with E-state index < -0.39 is 0 Å². The largest absolute Gasteiger partial charge is 0.374 e. The van der Waals surface area contributed by atoms with Gasteiger partial charge in [-0.05, 0) is 37.5 Å². The molecule has 15 heavy (non-hydrogen) atoms. The van der Waals surface area contributed by atoms with Gasteiger partial charge in [-0.1, -0.05) is 26.2 Å². The van der Waals surface area contributed by atoms with E-state index in [1.165, 1.54) is 44.9 Å². The van der Waals surface area contributed by atoms with E-state index in [9.17, 15) is 0 Å². The lowest BCUT2D eigenvalue weighted by molar-refractivity contribution is -0.00341. The second kappa shape index (κ2) is 5.05. The van der Waals surface area contributed by atoms with Crippen LogP contribution in [0.25, 0.3) is 0 Å². The third-order valence-corrected chi connectivity index (χ3v) is 4.62. The summed E-state index contributed by atoms with van der Waals surface area (Å²) in [5, 5.41) is 0. The molecule has 2 heteroatoms. The minimum absolute atomic E-state index is 0.0449. The van der Waals surface area contributed by atoms with Crippen LogP contribution in [0.4, 0.5) is 0 Å². The molecule has 1 saturated carbocycles. The van der Waals surface area contributed by atoms with Gasteiger partial charge in [-0.2, -0.15) is 0 Å². The third-order valence-electron chi connectivity index (χ3n) is 4.13. The van der Waals surface area contributed by atoms with Crippen LogP contribution in [0.2, 0.25) is 0 Å². The minimum atomic E-state index is 0.0449. The first-order chi connectivity index (χ1) is 7.24. The summed E-state index contributed by atoms with van der Waals surface area (Å²) >= 11 is 6.10. The quantitative estimate of drug-likeness (QED) is 0.667. The second-order valence-corrected chi connectivity index (χ2v) is 5.88. The molecule has 0 aromatic rings. The first kappa shape index (κ1) is 11.7. The molecule has 0 aromatic carbocycles. The minimum Gasteiger partial charge on any atom is -0.374 e. The highest BCUT2D eigenvalue weighted by atomic mass is 35.5. The van der Waals surface area contributed by atoms with Crippen LogP contribution in [-0.2, 0) is 4.74 Å². The molecule has 3 atom stereocenters. The molecule has 0 N–H and O–H groups in total. The normalized spacial score (nSPS) is 42.0. The van der Waals surface area contributed by atoms with Crippen LogP contribution in [0.3, 0.4) is 0 Å². The number of hydrogen-bond acceptors (Lipinski definition) is 1. The first-order valence-electron chi connectivity index (χ1n) is 6.44. The summed E-state index contributed by atoms with van der Waals surface area (Å²) in [6.07, 6.45) is 9.21. The van der Waals surface area contributed by atoms with E-state index in [-0.39, 0.29) is 5.60 Å². The van der Waals surface area contributed by atoms with Crippen molar-refractivity contribution in [2.24, 2.45) is 11.8 Å². The molecule has 1 saturated heterocycles. The molecule has 2 fully saturated rings. The van der Waals surface area contributed by atoms with Gasteiger partial charge in [0, 0.05) is 6.61 Å². The maximum atomic E-state index is 6.10. The standard InChI is InChI=1S/C13H23ClO/c1-11-4-2-5-12(8-11)9-13(10-14)6-3-7-15-13/h11-12H,2-10H2,1H3. The topological polar surface area (TPSA) is 9.23 Å². The van der Waals surface area contributed by atoms with Gasteiger partial charge in [0.2, 0.25) is 0 Å². The molecule has 3 unspecified atom stereocenters. The summed E-state index contributed by atoms with van der Waals surface area (Å²) in [6, 6.07) is 0. The Kier molecular flexibility index (Phi) is 3.95. The molecule has 2 rings (SSSR count). The van der Waals surface area contributed by atoms with Crippen LogP contribution in [0.15, 0.2) is 0 Å². The maximum Gasteiger partial charge on any atom is 0.0820 e. The highest BCUT2D eigenvalue weighted by molar-refractivity contribution is 6.18. The van der Waals surface area contributed by atoms with Gasteiger partial charge < -0.3 is 4.74 Å². The van der Waals surface area contributed by atoms with Crippen molar-refractivity contribution in [3.63, 3.8) is 0 Å². The molecular weight excluding hydrogens is 208 g/mol. The van der Waals surface area contributed by atoms with E-state index >= 15 is 0 Å². The Bertz CT molecular complexity index is 199. The summed E-state index contributed by atoms with van der Waals surface area (Å²) < 4.78 is 5.90. The van der Waals surface area contributed by atoms with E-state index in [1.54, 1.807) is 0 Å². The Balaban J connectivity index is 1.88. The van der Waals surface area contributed by atoms with Crippen molar-refractivity contribution >= 4 is 11.6 Å². The predicted molar refractivity (Wildman–Crippen MR) is 64.4 cm³/mol. The highest BCUT2D eigenvalue weighted by Crippen LogP contribution is 2.39. The smallest absolute Gasteiger partial charge is 0.0820 e. The van der Waals surface area contributed by atoms with Crippen LogP contribution in [0.5, 0.6) is 0 Å². The first-order valence-corrected chi connectivity index (χ1v) is 6.97. The zero-order valence-corrected chi connectivity index (χ0v) is 10.6. The highest BCUT2D eigenvalue weighted by Gasteiger charge is 2.37. The molecule has 1 nitrogen and oxygen atoms in total. The SMILES string of the molecule is CC1CCCC(CC2(CCl)CCCO2)C1. The van der Waals surface area contributed by atoms with Gasteiger partial charge in [0.15, 0.2) is 0 Å². The molecule has 88 valence electrons. The zero-order valence-electron chi connectivity index (χ0n) is 9.80.